The van der Waals surface area contributed by atoms with Gasteiger partial charge in [-0.3, -0.25) is 4.79 Å². The first-order valence-corrected chi connectivity index (χ1v) is 8.00. The van der Waals surface area contributed by atoms with Crippen molar-refractivity contribution in [1.29, 1.82) is 0 Å². The van der Waals surface area contributed by atoms with E-state index in [1.165, 1.54) is 6.92 Å². The third kappa shape index (κ3) is 3.60. The monoisotopic (exact) mass is 376 g/mol. The van der Waals surface area contributed by atoms with Crippen LogP contribution in [0.25, 0.3) is 11.1 Å². The van der Waals surface area contributed by atoms with E-state index in [4.69, 9.17) is 0 Å². The zero-order valence-corrected chi connectivity index (χ0v) is 14.1. The zero-order valence-electron chi connectivity index (χ0n) is 14.1. The fourth-order valence-corrected chi connectivity index (χ4v) is 2.72. The van der Waals surface area contributed by atoms with Gasteiger partial charge in [-0.2, -0.15) is 0 Å². The summed E-state index contributed by atoms with van der Waals surface area (Å²) in [4.78, 5) is 11.3. The maximum absolute atomic E-state index is 13.8. The molecule has 27 heavy (non-hydrogen) atoms. The Kier molecular flexibility index (Phi) is 5.08. The largest absolute Gasteiger partial charge is 0.295 e. The Balaban J connectivity index is 1.88. The molecule has 0 atom stereocenters. The lowest BCUT2D eigenvalue weighted by Crippen LogP contribution is -2.07. The Labute approximate surface area is 152 Å². The number of rotatable bonds is 4. The van der Waals surface area contributed by atoms with Crippen LogP contribution >= 0.6 is 0 Å². The van der Waals surface area contributed by atoms with Gasteiger partial charge in [0.15, 0.2) is 29.1 Å². The summed E-state index contributed by atoms with van der Waals surface area (Å²) in [5.74, 6) is -9.78. The van der Waals surface area contributed by atoms with Crippen LogP contribution < -0.4 is 0 Å². The van der Waals surface area contributed by atoms with Gasteiger partial charge in [-0.15, -0.1) is 0 Å². The molecule has 0 aliphatic heterocycles. The van der Waals surface area contributed by atoms with Crippen molar-refractivity contribution in [2.45, 2.75) is 13.3 Å². The van der Waals surface area contributed by atoms with Gasteiger partial charge in [0.05, 0.1) is 0 Å². The average molecular weight is 376 g/mol. The molecule has 0 spiro atoms. The van der Waals surface area contributed by atoms with Crippen LogP contribution in [-0.2, 0) is 6.42 Å². The Morgan fingerprint density at radius 3 is 1.52 bits per heavy atom. The topological polar surface area (TPSA) is 17.1 Å². The number of Topliss-reactive ketones (excluding diaryl/α,β-unsaturated/α-hetero) is 1. The minimum absolute atomic E-state index is 0.0558. The van der Waals surface area contributed by atoms with Gasteiger partial charge in [-0.25, -0.2) is 22.0 Å². The van der Waals surface area contributed by atoms with Crippen LogP contribution in [0.1, 0.15) is 28.4 Å². The van der Waals surface area contributed by atoms with Crippen LogP contribution in [-0.4, -0.2) is 5.78 Å². The van der Waals surface area contributed by atoms with E-state index in [1.54, 1.807) is 48.5 Å². The molecule has 3 aromatic carbocycles. The van der Waals surface area contributed by atoms with E-state index in [0.29, 0.717) is 11.1 Å². The number of carbonyl (C=O) groups is 1. The summed E-state index contributed by atoms with van der Waals surface area (Å²) in [5.41, 5.74) is 1.70. The number of hydrogen-bond acceptors (Lipinski definition) is 1. The molecular weight excluding hydrogens is 363 g/mol. The van der Waals surface area contributed by atoms with Gasteiger partial charge in [0, 0.05) is 17.5 Å². The summed E-state index contributed by atoms with van der Waals surface area (Å²) in [7, 11) is 0. The molecule has 1 nitrogen and oxygen atoms in total. The van der Waals surface area contributed by atoms with Gasteiger partial charge < -0.3 is 0 Å². The van der Waals surface area contributed by atoms with E-state index >= 15 is 0 Å². The summed E-state index contributed by atoms with van der Waals surface area (Å²) < 4.78 is 67.3. The summed E-state index contributed by atoms with van der Waals surface area (Å²) >= 11 is 0. The number of benzene rings is 3. The minimum Gasteiger partial charge on any atom is -0.295 e. The highest BCUT2D eigenvalue weighted by atomic mass is 19.2. The van der Waals surface area contributed by atoms with Crippen LogP contribution in [0.2, 0.25) is 0 Å². The van der Waals surface area contributed by atoms with Crippen molar-refractivity contribution in [2.24, 2.45) is 0 Å². The molecule has 6 heteroatoms. The quantitative estimate of drug-likeness (QED) is 0.242. The first kappa shape index (κ1) is 18.8. The predicted octanol–water partition coefficient (Wildman–Crippen LogP) is 5.84. The fourth-order valence-electron chi connectivity index (χ4n) is 2.72. The van der Waals surface area contributed by atoms with Crippen LogP contribution in [0.4, 0.5) is 22.0 Å². The summed E-state index contributed by atoms with van der Waals surface area (Å²) in [5, 5.41) is 0. The normalized spacial score (nSPS) is 10.9. The molecule has 3 aromatic rings. The lowest BCUT2D eigenvalue weighted by molar-refractivity contribution is 0.101. The molecule has 0 N–H and O–H groups in total. The molecule has 0 heterocycles. The van der Waals surface area contributed by atoms with Gasteiger partial charge >= 0.3 is 0 Å². The van der Waals surface area contributed by atoms with E-state index in [-0.39, 0.29) is 5.78 Å². The van der Waals surface area contributed by atoms with Gasteiger partial charge in [0.2, 0.25) is 5.82 Å². The van der Waals surface area contributed by atoms with E-state index < -0.39 is 41.1 Å². The third-order valence-corrected chi connectivity index (χ3v) is 4.26. The van der Waals surface area contributed by atoms with E-state index in [1.807, 2.05) is 0 Å². The molecule has 0 saturated carbocycles. The molecule has 138 valence electrons. The third-order valence-electron chi connectivity index (χ3n) is 4.26. The molecule has 3 rings (SSSR count). The van der Waals surface area contributed by atoms with Gasteiger partial charge in [0.25, 0.3) is 0 Å². The maximum atomic E-state index is 13.8. The maximum Gasteiger partial charge on any atom is 0.200 e. The van der Waals surface area contributed by atoms with Crippen molar-refractivity contribution < 1.29 is 26.7 Å². The van der Waals surface area contributed by atoms with Crippen molar-refractivity contribution >= 4 is 5.78 Å². The second-order valence-electron chi connectivity index (χ2n) is 6.06. The smallest absolute Gasteiger partial charge is 0.200 e. The number of halogens is 5. The molecular formula is C21H13F5O. The van der Waals surface area contributed by atoms with Gasteiger partial charge in [0.1, 0.15) is 0 Å². The van der Waals surface area contributed by atoms with Gasteiger partial charge in [-0.05, 0) is 23.6 Å². The lowest BCUT2D eigenvalue weighted by atomic mass is 9.98. The lowest BCUT2D eigenvalue weighted by Gasteiger charge is -2.09. The average Bonchev–Trinajstić information content (AvgIpc) is 2.69. The molecule has 0 fully saturated rings. The highest BCUT2D eigenvalue weighted by molar-refractivity contribution is 5.94. The zero-order chi connectivity index (χ0) is 19.7. The van der Waals surface area contributed by atoms with E-state index in [9.17, 15) is 26.7 Å². The van der Waals surface area contributed by atoms with Crippen molar-refractivity contribution in [3.63, 3.8) is 0 Å². The van der Waals surface area contributed by atoms with Crippen molar-refractivity contribution in [1.82, 2.24) is 0 Å². The Morgan fingerprint density at radius 1 is 0.667 bits per heavy atom. The first-order chi connectivity index (χ1) is 12.8. The summed E-state index contributed by atoms with van der Waals surface area (Å²) in [6.45, 7) is 1.46. The molecule has 0 unspecified atom stereocenters. The highest BCUT2D eigenvalue weighted by Gasteiger charge is 2.25. The standard InChI is InChI=1S/C21H13F5O/c1-11(27)13-6-8-15(9-7-13)14-4-2-12(3-5-14)10-16-17(22)19(24)21(26)20(25)18(16)23/h2-9H,10H2,1H3. The highest BCUT2D eigenvalue weighted by Crippen LogP contribution is 2.26. The Morgan fingerprint density at radius 2 is 1.07 bits per heavy atom. The number of carbonyl (C=O) groups excluding carboxylic acids is 1. The summed E-state index contributed by atoms with van der Waals surface area (Å²) in [6, 6.07) is 13.3. The second-order valence-corrected chi connectivity index (χ2v) is 6.06. The molecule has 0 saturated heterocycles. The molecule has 0 aliphatic carbocycles. The van der Waals surface area contributed by atoms with Crippen LogP contribution in [0.3, 0.4) is 0 Å². The van der Waals surface area contributed by atoms with Crippen molar-refractivity contribution in [3.8, 4) is 11.1 Å². The molecule has 0 bridgehead atoms. The predicted molar refractivity (Wildman–Crippen MR) is 90.9 cm³/mol. The number of hydrogen-bond donors (Lipinski definition) is 0. The first-order valence-electron chi connectivity index (χ1n) is 8.00. The molecule has 0 aliphatic rings. The fraction of sp³-hybridized carbons (Fsp3) is 0.0952. The van der Waals surface area contributed by atoms with Crippen molar-refractivity contribution in [3.05, 3.63) is 94.3 Å². The SMILES string of the molecule is CC(=O)c1ccc(-c2ccc(Cc3c(F)c(F)c(F)c(F)c3F)cc2)cc1. The number of ketones is 1. The summed E-state index contributed by atoms with van der Waals surface area (Å²) in [6.07, 6.45) is -0.435. The Hall–Kier alpha value is -3.02. The molecule has 0 amide bonds. The van der Waals surface area contributed by atoms with Crippen LogP contribution in [0.5, 0.6) is 0 Å². The van der Waals surface area contributed by atoms with Crippen LogP contribution in [0, 0.1) is 29.1 Å². The van der Waals surface area contributed by atoms with E-state index in [2.05, 4.69) is 0 Å². The Bertz CT molecular complexity index is 979. The molecule has 0 aromatic heterocycles. The van der Waals surface area contributed by atoms with Crippen LogP contribution in [0.15, 0.2) is 48.5 Å². The van der Waals surface area contributed by atoms with Gasteiger partial charge in [-0.1, -0.05) is 48.5 Å². The minimum atomic E-state index is -2.17. The molecule has 0 radical (unpaired) electrons. The van der Waals surface area contributed by atoms with Crippen molar-refractivity contribution in [2.75, 3.05) is 0 Å². The second kappa shape index (κ2) is 7.31. The van der Waals surface area contributed by atoms with E-state index in [0.717, 1.165) is 11.1 Å².